The van der Waals surface area contributed by atoms with Crippen molar-refractivity contribution in [1.82, 2.24) is 4.72 Å². The number of halogens is 2. The van der Waals surface area contributed by atoms with Crippen LogP contribution in [0, 0.1) is 11.6 Å². The molecule has 1 aliphatic carbocycles. The summed E-state index contributed by atoms with van der Waals surface area (Å²) in [7, 11) is -4.31. The summed E-state index contributed by atoms with van der Waals surface area (Å²) in [4.78, 5) is -0.981. The lowest BCUT2D eigenvalue weighted by Crippen LogP contribution is -2.43. The molecule has 0 unspecified atom stereocenters. The van der Waals surface area contributed by atoms with Crippen LogP contribution in [0.2, 0.25) is 0 Å². The highest BCUT2D eigenvalue weighted by Crippen LogP contribution is 2.33. The van der Waals surface area contributed by atoms with Crippen molar-refractivity contribution >= 4 is 10.0 Å². The number of rotatable bonds is 7. The van der Waals surface area contributed by atoms with Crippen molar-refractivity contribution in [3.8, 4) is 0 Å². The fraction of sp³-hybridized carbons (Fsp3) is 0.571. The smallest absolute Gasteiger partial charge is 0.246 e. The first-order valence-electron chi connectivity index (χ1n) is 7.09. The van der Waals surface area contributed by atoms with Crippen LogP contribution in [0.15, 0.2) is 23.1 Å². The van der Waals surface area contributed by atoms with E-state index in [9.17, 15) is 17.2 Å². The van der Waals surface area contributed by atoms with E-state index >= 15 is 0 Å². The average Bonchev–Trinajstić information content (AvgIpc) is 2.92. The Bertz CT molecular complexity index is 595. The molecule has 2 N–H and O–H groups in total. The van der Waals surface area contributed by atoms with E-state index in [-0.39, 0.29) is 19.8 Å². The van der Waals surface area contributed by atoms with Crippen LogP contribution in [-0.2, 0) is 14.8 Å². The zero-order valence-electron chi connectivity index (χ0n) is 12.0. The van der Waals surface area contributed by atoms with E-state index in [1.165, 1.54) is 0 Å². The standard InChI is InChI=1S/C14H19F2NO4S/c15-11-4-3-5-12(16)13(11)22(19,20)17-10-14(21-9-8-18)6-1-2-7-14/h3-5,17-18H,1-2,6-10H2. The Morgan fingerprint density at radius 3 is 2.36 bits per heavy atom. The van der Waals surface area contributed by atoms with E-state index in [0.717, 1.165) is 31.0 Å². The predicted molar refractivity (Wildman–Crippen MR) is 75.8 cm³/mol. The number of sulfonamides is 1. The Morgan fingerprint density at radius 1 is 1.23 bits per heavy atom. The lowest BCUT2D eigenvalue weighted by Gasteiger charge is -2.29. The average molecular weight is 335 g/mol. The third-order valence-electron chi connectivity index (χ3n) is 3.79. The van der Waals surface area contributed by atoms with Gasteiger partial charge in [0.1, 0.15) is 11.6 Å². The summed E-state index contributed by atoms with van der Waals surface area (Å²) in [6, 6.07) is 2.89. The molecule has 1 fully saturated rings. The molecule has 1 aromatic carbocycles. The molecule has 0 atom stereocenters. The number of hydrogen-bond donors (Lipinski definition) is 2. The molecule has 1 aliphatic rings. The summed E-state index contributed by atoms with van der Waals surface area (Å²) in [5, 5.41) is 8.86. The van der Waals surface area contributed by atoms with Crippen LogP contribution in [0.3, 0.4) is 0 Å². The number of ether oxygens (including phenoxy) is 1. The van der Waals surface area contributed by atoms with E-state index < -0.39 is 32.2 Å². The van der Waals surface area contributed by atoms with E-state index in [1.54, 1.807) is 0 Å². The van der Waals surface area contributed by atoms with Crippen molar-refractivity contribution in [3.63, 3.8) is 0 Å². The van der Waals surface area contributed by atoms with Gasteiger partial charge in [0.05, 0.1) is 18.8 Å². The van der Waals surface area contributed by atoms with E-state index in [2.05, 4.69) is 4.72 Å². The molecular formula is C14H19F2NO4S. The van der Waals surface area contributed by atoms with Gasteiger partial charge in [0.2, 0.25) is 10.0 Å². The molecule has 0 amide bonds. The number of aliphatic hydroxyl groups is 1. The Morgan fingerprint density at radius 2 is 1.82 bits per heavy atom. The zero-order chi connectivity index (χ0) is 16.2. The maximum atomic E-state index is 13.6. The maximum absolute atomic E-state index is 13.6. The van der Waals surface area contributed by atoms with Gasteiger partial charge in [-0.1, -0.05) is 18.9 Å². The fourth-order valence-electron chi connectivity index (χ4n) is 2.69. The molecule has 0 saturated heterocycles. The fourth-order valence-corrected chi connectivity index (χ4v) is 3.94. The maximum Gasteiger partial charge on any atom is 0.246 e. The van der Waals surface area contributed by atoms with E-state index in [1.807, 2.05) is 0 Å². The topological polar surface area (TPSA) is 75.6 Å². The third kappa shape index (κ3) is 3.81. The van der Waals surface area contributed by atoms with Crippen molar-refractivity contribution in [2.75, 3.05) is 19.8 Å². The summed E-state index contributed by atoms with van der Waals surface area (Å²) in [6.45, 7) is -0.157. The third-order valence-corrected chi connectivity index (χ3v) is 5.24. The molecule has 8 heteroatoms. The first-order chi connectivity index (χ1) is 10.4. The highest BCUT2D eigenvalue weighted by atomic mass is 32.2. The van der Waals surface area contributed by atoms with Crippen molar-refractivity contribution in [2.24, 2.45) is 0 Å². The number of benzene rings is 1. The molecule has 22 heavy (non-hydrogen) atoms. The minimum Gasteiger partial charge on any atom is -0.394 e. The van der Waals surface area contributed by atoms with Gasteiger partial charge < -0.3 is 9.84 Å². The Labute approximate surface area is 128 Å². The molecule has 124 valence electrons. The van der Waals surface area contributed by atoms with E-state index in [0.29, 0.717) is 12.8 Å². The molecule has 0 heterocycles. The first-order valence-corrected chi connectivity index (χ1v) is 8.57. The van der Waals surface area contributed by atoms with Crippen LogP contribution in [-0.4, -0.2) is 38.9 Å². The summed E-state index contributed by atoms with van der Waals surface area (Å²) >= 11 is 0. The summed E-state index contributed by atoms with van der Waals surface area (Å²) in [6.07, 6.45) is 3.02. The van der Waals surface area contributed by atoms with Gasteiger partial charge in [-0.15, -0.1) is 0 Å². The van der Waals surface area contributed by atoms with Crippen LogP contribution in [0.25, 0.3) is 0 Å². The van der Waals surface area contributed by atoms with Gasteiger partial charge in [-0.25, -0.2) is 21.9 Å². The molecule has 5 nitrogen and oxygen atoms in total. The lowest BCUT2D eigenvalue weighted by atomic mass is 10.0. The Balaban J connectivity index is 2.15. The molecule has 0 aromatic heterocycles. The van der Waals surface area contributed by atoms with Crippen LogP contribution in [0.5, 0.6) is 0 Å². The molecule has 0 aliphatic heterocycles. The molecule has 0 spiro atoms. The predicted octanol–water partition coefficient (Wildman–Crippen LogP) is 1.56. The quantitative estimate of drug-likeness (QED) is 0.793. The molecule has 0 radical (unpaired) electrons. The van der Waals surface area contributed by atoms with Gasteiger partial charge in [-0.05, 0) is 25.0 Å². The second-order valence-electron chi connectivity index (χ2n) is 5.34. The number of aliphatic hydroxyl groups excluding tert-OH is 1. The minimum atomic E-state index is -4.31. The molecule has 2 rings (SSSR count). The van der Waals surface area contributed by atoms with Crippen molar-refractivity contribution in [2.45, 2.75) is 36.2 Å². The Kier molecular flexibility index (Phi) is 5.49. The highest BCUT2D eigenvalue weighted by Gasteiger charge is 2.36. The van der Waals surface area contributed by atoms with Gasteiger partial charge in [0.25, 0.3) is 0 Å². The first kappa shape index (κ1) is 17.3. The van der Waals surface area contributed by atoms with Gasteiger partial charge in [0, 0.05) is 6.54 Å². The normalized spacial score (nSPS) is 17.8. The van der Waals surface area contributed by atoms with Crippen molar-refractivity contribution in [1.29, 1.82) is 0 Å². The molecule has 1 aromatic rings. The second kappa shape index (κ2) is 6.99. The second-order valence-corrected chi connectivity index (χ2v) is 7.04. The molecular weight excluding hydrogens is 316 g/mol. The molecule has 0 bridgehead atoms. The van der Waals surface area contributed by atoms with E-state index in [4.69, 9.17) is 9.84 Å². The largest absolute Gasteiger partial charge is 0.394 e. The summed E-state index contributed by atoms with van der Waals surface area (Å²) < 4.78 is 59.3. The summed E-state index contributed by atoms with van der Waals surface area (Å²) in [5.74, 6) is -2.27. The van der Waals surface area contributed by atoms with Crippen molar-refractivity contribution in [3.05, 3.63) is 29.8 Å². The van der Waals surface area contributed by atoms with Gasteiger partial charge >= 0.3 is 0 Å². The Hall–Kier alpha value is -1.09. The number of nitrogens with one attached hydrogen (secondary N) is 1. The van der Waals surface area contributed by atoms with Crippen LogP contribution in [0.4, 0.5) is 8.78 Å². The van der Waals surface area contributed by atoms with Gasteiger partial charge in [-0.3, -0.25) is 0 Å². The van der Waals surface area contributed by atoms with Gasteiger partial charge in [-0.2, -0.15) is 0 Å². The summed E-state index contributed by atoms with van der Waals surface area (Å²) in [5.41, 5.74) is -0.725. The minimum absolute atomic E-state index is 0.0803. The monoisotopic (exact) mass is 335 g/mol. The van der Waals surface area contributed by atoms with Crippen LogP contribution >= 0.6 is 0 Å². The lowest BCUT2D eigenvalue weighted by molar-refractivity contribution is -0.0492. The van der Waals surface area contributed by atoms with Crippen LogP contribution < -0.4 is 4.72 Å². The molecule has 1 saturated carbocycles. The van der Waals surface area contributed by atoms with Crippen molar-refractivity contribution < 1.29 is 27.0 Å². The van der Waals surface area contributed by atoms with Crippen LogP contribution in [0.1, 0.15) is 25.7 Å². The van der Waals surface area contributed by atoms with Gasteiger partial charge in [0.15, 0.2) is 4.90 Å². The highest BCUT2D eigenvalue weighted by molar-refractivity contribution is 7.89. The SMILES string of the molecule is O=S(=O)(NCC1(OCCO)CCCC1)c1c(F)cccc1F. The number of hydrogen-bond acceptors (Lipinski definition) is 4. The zero-order valence-corrected chi connectivity index (χ0v) is 12.8.